The summed E-state index contributed by atoms with van der Waals surface area (Å²) in [4.78, 5) is 59.5. The van der Waals surface area contributed by atoms with Gasteiger partial charge in [-0.3, -0.25) is 24.1 Å². The van der Waals surface area contributed by atoms with E-state index in [0.29, 0.717) is 28.3 Å². The summed E-state index contributed by atoms with van der Waals surface area (Å²) in [6.45, 7) is 2.04. The van der Waals surface area contributed by atoms with Crippen LogP contribution in [0.5, 0.6) is 11.5 Å². The Hall–Kier alpha value is -4.14. The summed E-state index contributed by atoms with van der Waals surface area (Å²) in [5.41, 5.74) is 0.888. The molecule has 45 heavy (non-hydrogen) atoms. The van der Waals surface area contributed by atoms with E-state index in [9.17, 15) is 19.5 Å². The van der Waals surface area contributed by atoms with E-state index in [1.54, 1.807) is 43.3 Å². The number of halogens is 2. The van der Waals surface area contributed by atoms with Crippen molar-refractivity contribution in [2.24, 2.45) is 23.7 Å². The minimum atomic E-state index is -1.45. The number of allylic oxidation sites excluding steroid dienone is 2. The van der Waals surface area contributed by atoms with Crippen molar-refractivity contribution in [2.45, 2.75) is 31.1 Å². The predicted molar refractivity (Wildman–Crippen MR) is 168 cm³/mol. The number of amides is 4. The molecule has 3 aromatic carbocycles. The molecule has 230 valence electrons. The molecule has 2 heterocycles. The van der Waals surface area contributed by atoms with Crippen LogP contribution >= 0.6 is 23.2 Å². The zero-order valence-electron chi connectivity index (χ0n) is 24.6. The first-order chi connectivity index (χ1) is 21.6. The van der Waals surface area contributed by atoms with E-state index in [4.69, 9.17) is 27.9 Å². The number of aromatic hydroxyl groups is 1. The van der Waals surface area contributed by atoms with Crippen LogP contribution in [0, 0.1) is 23.7 Å². The number of carbonyl (C=O) groups excluding carboxylic acids is 4. The standard InChI is InChI=1S/C35H30Cl2N2O6/c1-3-38-31(41)23-13-12-22-24(28(23)33(38)43)17-25-32(42)39(21-11-7-10-20(36)16-21)34(44)35(25,19-8-5-4-6-9-19)29(22)18-14-26(37)30(40)27(15-18)45-2/h4-12,14-16,23-25,28-29,40H,3,13,17H2,1-2H3. The highest BCUT2D eigenvalue weighted by atomic mass is 35.5. The lowest BCUT2D eigenvalue weighted by atomic mass is 9.49. The molecule has 6 atom stereocenters. The van der Waals surface area contributed by atoms with Crippen LogP contribution in [-0.4, -0.2) is 47.3 Å². The van der Waals surface area contributed by atoms with E-state index in [0.717, 1.165) is 5.57 Å². The number of hydrogen-bond donors (Lipinski definition) is 1. The molecule has 8 nitrogen and oxygen atoms in total. The molecule has 2 saturated heterocycles. The van der Waals surface area contributed by atoms with Gasteiger partial charge in [-0.15, -0.1) is 0 Å². The number of phenolic OH excluding ortho intramolecular Hbond substituents is 1. The molecule has 0 bridgehead atoms. The third-order valence-electron chi connectivity index (χ3n) is 10.2. The quantitative estimate of drug-likeness (QED) is 0.274. The van der Waals surface area contributed by atoms with E-state index in [1.165, 1.54) is 16.9 Å². The molecule has 0 radical (unpaired) electrons. The van der Waals surface area contributed by atoms with Gasteiger partial charge in [0.05, 0.1) is 41.0 Å². The van der Waals surface area contributed by atoms with Gasteiger partial charge in [-0.1, -0.05) is 71.2 Å². The van der Waals surface area contributed by atoms with Crippen molar-refractivity contribution in [3.8, 4) is 11.5 Å². The Bertz CT molecular complexity index is 1810. The van der Waals surface area contributed by atoms with Crippen LogP contribution in [-0.2, 0) is 24.6 Å². The van der Waals surface area contributed by atoms with Crippen molar-refractivity contribution in [3.63, 3.8) is 0 Å². The summed E-state index contributed by atoms with van der Waals surface area (Å²) >= 11 is 12.9. The van der Waals surface area contributed by atoms with Crippen LogP contribution in [0.4, 0.5) is 5.69 Å². The van der Waals surface area contributed by atoms with Crippen LogP contribution in [0.1, 0.15) is 36.8 Å². The lowest BCUT2D eigenvalue weighted by Gasteiger charge is -2.50. The number of ether oxygens (including phenoxy) is 1. The van der Waals surface area contributed by atoms with E-state index in [1.807, 2.05) is 36.4 Å². The lowest BCUT2D eigenvalue weighted by molar-refractivity contribution is -0.140. The van der Waals surface area contributed by atoms with E-state index >= 15 is 4.79 Å². The SMILES string of the molecule is CCN1C(=O)C2CC=C3C(CC4C(=O)N(c5cccc(Cl)c5)C(=O)C4(c4ccccc4)C3c3cc(Cl)c(O)c(OC)c3)C2C1=O. The third kappa shape index (κ3) is 4.04. The average molecular weight is 646 g/mol. The Morgan fingerprint density at radius 3 is 2.38 bits per heavy atom. The Morgan fingerprint density at radius 1 is 0.933 bits per heavy atom. The first-order valence-electron chi connectivity index (χ1n) is 15.0. The molecule has 3 fully saturated rings. The maximum atomic E-state index is 15.2. The molecular formula is C35H30Cl2N2O6. The van der Waals surface area contributed by atoms with Gasteiger partial charge in [-0.2, -0.15) is 0 Å². The predicted octanol–water partition coefficient (Wildman–Crippen LogP) is 5.89. The fourth-order valence-corrected chi connectivity index (χ4v) is 8.82. The Morgan fingerprint density at radius 2 is 1.69 bits per heavy atom. The van der Waals surface area contributed by atoms with Crippen LogP contribution in [0.3, 0.4) is 0 Å². The minimum absolute atomic E-state index is 0.0215. The van der Waals surface area contributed by atoms with Gasteiger partial charge in [0, 0.05) is 17.5 Å². The maximum Gasteiger partial charge on any atom is 0.246 e. The van der Waals surface area contributed by atoms with Crippen LogP contribution in [0.2, 0.25) is 10.0 Å². The number of benzene rings is 3. The summed E-state index contributed by atoms with van der Waals surface area (Å²) in [5, 5.41) is 11.1. The fraction of sp³-hybridized carbons (Fsp3) is 0.314. The lowest BCUT2D eigenvalue weighted by Crippen LogP contribution is -2.53. The molecule has 1 saturated carbocycles. The Balaban J connectivity index is 1.53. The average Bonchev–Trinajstić information content (AvgIpc) is 3.42. The smallest absolute Gasteiger partial charge is 0.246 e. The van der Waals surface area contributed by atoms with Crippen molar-refractivity contribution in [1.82, 2.24) is 4.90 Å². The molecule has 0 aromatic heterocycles. The molecule has 0 spiro atoms. The van der Waals surface area contributed by atoms with Crippen molar-refractivity contribution >= 4 is 52.5 Å². The van der Waals surface area contributed by atoms with E-state index in [-0.39, 0.29) is 41.3 Å². The molecule has 10 heteroatoms. The third-order valence-corrected chi connectivity index (χ3v) is 10.7. The number of nitrogens with zero attached hydrogens (tertiary/aromatic N) is 2. The molecule has 6 unspecified atom stereocenters. The second-order valence-corrected chi connectivity index (χ2v) is 12.9. The molecule has 7 rings (SSSR count). The highest BCUT2D eigenvalue weighted by Gasteiger charge is 2.70. The van der Waals surface area contributed by atoms with Crippen molar-refractivity contribution in [2.75, 3.05) is 18.6 Å². The van der Waals surface area contributed by atoms with Crippen LogP contribution in [0.15, 0.2) is 78.4 Å². The van der Waals surface area contributed by atoms with E-state index < -0.39 is 46.8 Å². The number of fused-ring (bicyclic) bond motifs is 4. The van der Waals surface area contributed by atoms with Gasteiger partial charge in [0.1, 0.15) is 0 Å². The van der Waals surface area contributed by atoms with Gasteiger partial charge in [-0.05, 0) is 67.1 Å². The molecule has 4 aliphatic rings. The van der Waals surface area contributed by atoms with Gasteiger partial charge in [0.2, 0.25) is 23.6 Å². The number of likely N-dealkylation sites (tertiary alicyclic amines) is 1. The van der Waals surface area contributed by atoms with Gasteiger partial charge in [0.15, 0.2) is 11.5 Å². The number of imide groups is 2. The minimum Gasteiger partial charge on any atom is -0.503 e. The van der Waals surface area contributed by atoms with Gasteiger partial charge < -0.3 is 9.84 Å². The maximum absolute atomic E-state index is 15.2. The van der Waals surface area contributed by atoms with Gasteiger partial charge >= 0.3 is 0 Å². The number of rotatable bonds is 5. The van der Waals surface area contributed by atoms with Crippen LogP contribution in [0.25, 0.3) is 0 Å². The second-order valence-electron chi connectivity index (χ2n) is 12.1. The number of phenols is 1. The summed E-state index contributed by atoms with van der Waals surface area (Å²) in [6, 6.07) is 19.1. The Labute approximate surface area is 270 Å². The van der Waals surface area contributed by atoms with Gasteiger partial charge in [0.25, 0.3) is 0 Å². The zero-order valence-corrected chi connectivity index (χ0v) is 26.1. The summed E-state index contributed by atoms with van der Waals surface area (Å²) in [7, 11) is 1.41. The number of carbonyl (C=O) groups is 4. The number of hydrogen-bond acceptors (Lipinski definition) is 6. The molecule has 2 aliphatic carbocycles. The number of methoxy groups -OCH3 is 1. The largest absolute Gasteiger partial charge is 0.503 e. The highest BCUT2D eigenvalue weighted by molar-refractivity contribution is 6.33. The Kier molecular flexibility index (Phi) is 7.06. The summed E-state index contributed by atoms with van der Waals surface area (Å²) in [5.74, 6) is -4.78. The topological polar surface area (TPSA) is 104 Å². The first kappa shape index (κ1) is 29.6. The normalized spacial score (nSPS) is 29.0. The summed E-state index contributed by atoms with van der Waals surface area (Å²) in [6.07, 6.45) is 2.50. The molecule has 4 amide bonds. The number of anilines is 1. The molecule has 1 N–H and O–H groups in total. The first-order valence-corrected chi connectivity index (χ1v) is 15.7. The monoisotopic (exact) mass is 644 g/mol. The molecule has 3 aromatic rings. The van der Waals surface area contributed by atoms with E-state index in [2.05, 4.69) is 0 Å². The second kappa shape index (κ2) is 10.7. The van der Waals surface area contributed by atoms with Gasteiger partial charge in [-0.25, -0.2) is 4.90 Å². The molecule has 2 aliphatic heterocycles. The fourth-order valence-electron chi connectivity index (χ4n) is 8.41. The van der Waals surface area contributed by atoms with Crippen LogP contribution < -0.4 is 9.64 Å². The van der Waals surface area contributed by atoms with Crippen molar-refractivity contribution in [3.05, 3.63) is 99.6 Å². The van der Waals surface area contributed by atoms with Crippen molar-refractivity contribution in [1.29, 1.82) is 0 Å². The zero-order chi connectivity index (χ0) is 31.8. The molecular weight excluding hydrogens is 615 g/mol. The van der Waals surface area contributed by atoms with Crippen molar-refractivity contribution < 1.29 is 29.0 Å². The highest BCUT2D eigenvalue weighted by Crippen LogP contribution is 2.65. The summed E-state index contributed by atoms with van der Waals surface area (Å²) < 4.78 is 5.49.